The molecular weight excluding hydrogens is 314 g/mol. The van der Waals surface area contributed by atoms with Gasteiger partial charge in [0.15, 0.2) is 0 Å². The van der Waals surface area contributed by atoms with E-state index in [2.05, 4.69) is 61.6 Å². The summed E-state index contributed by atoms with van der Waals surface area (Å²) in [6, 6.07) is 15.1. The third-order valence-electron chi connectivity index (χ3n) is 4.75. The zero-order valence-corrected chi connectivity index (χ0v) is 15.3. The molecule has 0 aromatic heterocycles. The van der Waals surface area contributed by atoms with Crippen molar-refractivity contribution in [1.29, 1.82) is 0 Å². The molecule has 3 heteroatoms. The summed E-state index contributed by atoms with van der Waals surface area (Å²) < 4.78 is 0. The van der Waals surface area contributed by atoms with Gasteiger partial charge in [0.2, 0.25) is 5.91 Å². The molecular formula is C21H25NOS. The molecule has 0 saturated heterocycles. The van der Waals surface area contributed by atoms with Crippen molar-refractivity contribution in [3.63, 3.8) is 0 Å². The van der Waals surface area contributed by atoms with E-state index in [4.69, 9.17) is 0 Å². The van der Waals surface area contributed by atoms with Crippen LogP contribution >= 0.6 is 11.8 Å². The van der Waals surface area contributed by atoms with Crippen LogP contribution in [0.4, 0.5) is 0 Å². The molecule has 0 bridgehead atoms. The molecule has 1 unspecified atom stereocenters. The van der Waals surface area contributed by atoms with Crippen LogP contribution in [0.15, 0.2) is 42.5 Å². The zero-order chi connectivity index (χ0) is 16.9. The summed E-state index contributed by atoms with van der Waals surface area (Å²) >= 11 is 1.67. The summed E-state index contributed by atoms with van der Waals surface area (Å²) in [6.07, 6.45) is 3.64. The number of carbonyl (C=O) groups is 1. The van der Waals surface area contributed by atoms with Gasteiger partial charge in [-0.2, -0.15) is 0 Å². The van der Waals surface area contributed by atoms with Gasteiger partial charge in [0, 0.05) is 5.75 Å². The predicted molar refractivity (Wildman–Crippen MR) is 102 cm³/mol. The first-order valence-corrected chi connectivity index (χ1v) is 9.82. The van der Waals surface area contributed by atoms with Crippen LogP contribution in [0.2, 0.25) is 0 Å². The van der Waals surface area contributed by atoms with E-state index in [-0.39, 0.29) is 11.9 Å². The van der Waals surface area contributed by atoms with Crippen molar-refractivity contribution in [2.45, 2.75) is 44.9 Å². The number of benzene rings is 2. The lowest BCUT2D eigenvalue weighted by Gasteiger charge is -2.15. The Morgan fingerprint density at radius 3 is 2.79 bits per heavy atom. The van der Waals surface area contributed by atoms with E-state index in [1.54, 1.807) is 11.8 Å². The summed E-state index contributed by atoms with van der Waals surface area (Å²) in [6.45, 7) is 4.19. The molecule has 2 nitrogen and oxygen atoms in total. The number of aryl methyl sites for hydroxylation is 3. The highest BCUT2D eigenvalue weighted by molar-refractivity contribution is 7.99. The van der Waals surface area contributed by atoms with Crippen LogP contribution in [-0.4, -0.2) is 11.7 Å². The molecule has 1 aliphatic carbocycles. The molecule has 0 heterocycles. The average molecular weight is 340 g/mol. The number of fused-ring (bicyclic) bond motifs is 1. The first kappa shape index (κ1) is 17.1. The van der Waals surface area contributed by atoms with Crippen LogP contribution < -0.4 is 5.32 Å². The summed E-state index contributed by atoms with van der Waals surface area (Å²) in [5.41, 5.74) is 6.75. The first-order valence-electron chi connectivity index (χ1n) is 8.67. The lowest BCUT2D eigenvalue weighted by Crippen LogP contribution is -2.28. The molecule has 0 aliphatic heterocycles. The molecule has 24 heavy (non-hydrogen) atoms. The van der Waals surface area contributed by atoms with E-state index in [1.165, 1.54) is 47.1 Å². The van der Waals surface area contributed by atoms with E-state index in [0.29, 0.717) is 5.75 Å². The second-order valence-corrected chi connectivity index (χ2v) is 7.58. The van der Waals surface area contributed by atoms with Gasteiger partial charge >= 0.3 is 0 Å². The number of hydrogen-bond donors (Lipinski definition) is 1. The number of hydrogen-bond acceptors (Lipinski definition) is 2. The lowest BCUT2D eigenvalue weighted by atomic mass is 10.0. The Morgan fingerprint density at radius 2 is 1.96 bits per heavy atom. The standard InChI is InChI=1S/C21H25NOS/c1-15-6-3-4-7-20(15)13-24-14-21(23)22-16(2)18-11-10-17-8-5-9-19(17)12-18/h3-4,6-7,10-12,16H,5,8-9,13-14H2,1-2H3,(H,22,23). The van der Waals surface area contributed by atoms with Crippen LogP contribution in [0.5, 0.6) is 0 Å². The number of rotatable bonds is 6. The monoisotopic (exact) mass is 339 g/mol. The maximum absolute atomic E-state index is 12.2. The van der Waals surface area contributed by atoms with Crippen molar-refractivity contribution in [3.8, 4) is 0 Å². The summed E-state index contributed by atoms with van der Waals surface area (Å²) in [4.78, 5) is 12.2. The van der Waals surface area contributed by atoms with Gasteiger partial charge in [-0.15, -0.1) is 11.8 Å². The SMILES string of the molecule is Cc1ccccc1CSCC(=O)NC(C)c1ccc2c(c1)CCC2. The number of nitrogens with one attached hydrogen (secondary N) is 1. The van der Waals surface area contributed by atoms with Crippen molar-refractivity contribution in [2.75, 3.05) is 5.75 Å². The van der Waals surface area contributed by atoms with Crippen LogP contribution in [0, 0.1) is 6.92 Å². The minimum Gasteiger partial charge on any atom is -0.349 e. The minimum atomic E-state index is 0.0717. The molecule has 126 valence electrons. The molecule has 1 amide bonds. The average Bonchev–Trinajstić information content (AvgIpc) is 3.04. The Balaban J connectivity index is 1.48. The normalized spacial score (nSPS) is 14.2. The van der Waals surface area contributed by atoms with Gasteiger partial charge in [-0.3, -0.25) is 4.79 Å². The van der Waals surface area contributed by atoms with Crippen LogP contribution in [0.3, 0.4) is 0 Å². The fraction of sp³-hybridized carbons (Fsp3) is 0.381. The molecule has 0 spiro atoms. The van der Waals surface area contributed by atoms with E-state index in [1.807, 2.05) is 0 Å². The fourth-order valence-electron chi connectivity index (χ4n) is 3.25. The maximum Gasteiger partial charge on any atom is 0.230 e. The minimum absolute atomic E-state index is 0.0717. The lowest BCUT2D eigenvalue weighted by molar-refractivity contribution is -0.119. The highest BCUT2D eigenvalue weighted by Crippen LogP contribution is 2.25. The molecule has 2 aromatic rings. The van der Waals surface area contributed by atoms with Crippen LogP contribution in [0.1, 0.15) is 47.2 Å². The molecule has 2 aromatic carbocycles. The molecule has 3 rings (SSSR count). The highest BCUT2D eigenvalue weighted by atomic mass is 32.2. The summed E-state index contributed by atoms with van der Waals surface area (Å²) in [7, 11) is 0. The number of amides is 1. The van der Waals surface area contributed by atoms with E-state index >= 15 is 0 Å². The van der Waals surface area contributed by atoms with Crippen LogP contribution in [-0.2, 0) is 23.4 Å². The quantitative estimate of drug-likeness (QED) is 0.834. The van der Waals surface area contributed by atoms with Gasteiger partial charge in [-0.05, 0) is 60.9 Å². The topological polar surface area (TPSA) is 29.1 Å². The predicted octanol–water partition coefficient (Wildman–Crippen LogP) is 4.59. The van der Waals surface area contributed by atoms with Crippen molar-refractivity contribution >= 4 is 17.7 Å². The fourth-order valence-corrected chi connectivity index (χ4v) is 4.17. The zero-order valence-electron chi connectivity index (χ0n) is 14.5. The second-order valence-electron chi connectivity index (χ2n) is 6.59. The Hall–Kier alpha value is -1.74. The first-order chi connectivity index (χ1) is 11.6. The van der Waals surface area contributed by atoms with Crippen molar-refractivity contribution in [2.24, 2.45) is 0 Å². The third kappa shape index (κ3) is 4.21. The molecule has 0 saturated carbocycles. The molecule has 1 aliphatic rings. The summed E-state index contributed by atoms with van der Waals surface area (Å²) in [5, 5.41) is 3.13. The maximum atomic E-state index is 12.2. The van der Waals surface area contributed by atoms with Gasteiger partial charge in [0.1, 0.15) is 0 Å². The molecule has 0 fully saturated rings. The van der Waals surface area contributed by atoms with Gasteiger partial charge in [0.05, 0.1) is 11.8 Å². The highest BCUT2D eigenvalue weighted by Gasteiger charge is 2.15. The largest absolute Gasteiger partial charge is 0.349 e. The van der Waals surface area contributed by atoms with E-state index < -0.39 is 0 Å². The Kier molecular flexibility index (Phi) is 5.62. The van der Waals surface area contributed by atoms with Gasteiger partial charge in [-0.25, -0.2) is 0 Å². The van der Waals surface area contributed by atoms with Crippen molar-refractivity contribution in [3.05, 3.63) is 70.3 Å². The summed E-state index contributed by atoms with van der Waals surface area (Å²) in [5.74, 6) is 1.50. The molecule has 1 N–H and O–H groups in total. The van der Waals surface area contributed by atoms with Gasteiger partial charge in [0.25, 0.3) is 0 Å². The molecule has 1 atom stereocenters. The van der Waals surface area contributed by atoms with Gasteiger partial charge < -0.3 is 5.32 Å². The smallest absolute Gasteiger partial charge is 0.230 e. The van der Waals surface area contributed by atoms with Crippen molar-refractivity contribution < 1.29 is 4.79 Å². The third-order valence-corrected chi connectivity index (χ3v) is 5.73. The Bertz CT molecular complexity index is 726. The molecule has 0 radical (unpaired) electrons. The van der Waals surface area contributed by atoms with Gasteiger partial charge in [-0.1, -0.05) is 42.5 Å². The van der Waals surface area contributed by atoms with Crippen molar-refractivity contribution in [1.82, 2.24) is 5.32 Å². The van der Waals surface area contributed by atoms with Crippen LogP contribution in [0.25, 0.3) is 0 Å². The Labute approximate surface area is 149 Å². The second kappa shape index (κ2) is 7.89. The van der Waals surface area contributed by atoms with E-state index in [0.717, 1.165) is 5.75 Å². The number of thioether (sulfide) groups is 1. The Morgan fingerprint density at radius 1 is 1.17 bits per heavy atom. The number of carbonyl (C=O) groups excluding carboxylic acids is 1. The van der Waals surface area contributed by atoms with E-state index in [9.17, 15) is 4.79 Å².